The van der Waals surface area contributed by atoms with Gasteiger partial charge in [-0.2, -0.15) is 0 Å². The Kier molecular flexibility index (Phi) is 5.83. The Balaban J connectivity index is 1.50. The van der Waals surface area contributed by atoms with Gasteiger partial charge in [0.05, 0.1) is 0 Å². The Morgan fingerprint density at radius 2 is 1.87 bits per heavy atom. The summed E-state index contributed by atoms with van der Waals surface area (Å²) < 4.78 is 7.35. The Morgan fingerprint density at radius 1 is 1.22 bits per heavy atom. The number of hydrogen-bond donors (Lipinski definition) is 1. The summed E-state index contributed by atoms with van der Waals surface area (Å²) in [6.45, 7) is 2.30. The van der Waals surface area contributed by atoms with Crippen molar-refractivity contribution in [3.05, 3.63) is 27.8 Å². The van der Waals surface area contributed by atoms with Gasteiger partial charge in [-0.3, -0.25) is 0 Å². The summed E-state index contributed by atoms with van der Waals surface area (Å²) in [5, 5.41) is 3.76. The van der Waals surface area contributed by atoms with Crippen LogP contribution in [0.5, 0.6) is 0 Å². The average Bonchev–Trinajstić information content (AvgIpc) is 2.55. The lowest BCUT2D eigenvalue weighted by atomic mass is 9.57. The van der Waals surface area contributed by atoms with Crippen molar-refractivity contribution < 1.29 is 4.74 Å². The molecule has 1 aromatic rings. The molecule has 0 amide bonds. The molecular formula is C19H26INOS. The number of halogens is 1. The molecule has 0 radical (unpaired) electrons. The first-order valence-electron chi connectivity index (χ1n) is 8.84. The summed E-state index contributed by atoms with van der Waals surface area (Å²) in [5.74, 6) is 0.948. The zero-order valence-corrected chi connectivity index (χ0v) is 16.8. The van der Waals surface area contributed by atoms with Gasteiger partial charge in [0.15, 0.2) is 0 Å². The van der Waals surface area contributed by atoms with E-state index in [0.29, 0.717) is 16.7 Å². The molecule has 0 bridgehead atoms. The number of rotatable bonds is 4. The summed E-state index contributed by atoms with van der Waals surface area (Å²) in [6, 6.07) is 8.24. The highest BCUT2D eigenvalue weighted by molar-refractivity contribution is 14.1. The third-order valence-electron chi connectivity index (χ3n) is 5.73. The maximum Gasteiger partial charge on any atom is 0.261 e. The Bertz CT molecular complexity index is 537. The Labute approximate surface area is 158 Å². The van der Waals surface area contributed by atoms with Crippen molar-refractivity contribution in [2.45, 2.75) is 64.4 Å². The fourth-order valence-electron chi connectivity index (χ4n) is 4.19. The molecule has 1 spiro atoms. The second-order valence-corrected chi connectivity index (χ2v) is 8.78. The van der Waals surface area contributed by atoms with Crippen LogP contribution in [0.3, 0.4) is 0 Å². The van der Waals surface area contributed by atoms with E-state index in [1.165, 1.54) is 48.5 Å². The quantitative estimate of drug-likeness (QED) is 0.446. The van der Waals surface area contributed by atoms with Gasteiger partial charge in [-0.05, 0) is 104 Å². The highest BCUT2D eigenvalue weighted by Crippen LogP contribution is 2.54. The molecule has 2 aliphatic carbocycles. The molecule has 0 aliphatic heterocycles. The Hall–Kier alpha value is -0.360. The third-order valence-corrected chi connectivity index (χ3v) is 6.64. The standard InChI is InChI=1S/C19H26INOS/c1-2-3-14-8-11-19(12-9-14)13-10-17(19)22-18(23)21-16-6-4-15(20)5-7-16/h4-7,14,17H,2-3,8-13H2,1H3,(H,21,23). The van der Waals surface area contributed by atoms with Gasteiger partial charge in [0.2, 0.25) is 0 Å². The molecular weight excluding hydrogens is 417 g/mol. The first-order chi connectivity index (χ1) is 11.1. The molecule has 0 saturated heterocycles. The number of ether oxygens (including phenoxy) is 1. The van der Waals surface area contributed by atoms with Crippen molar-refractivity contribution >= 4 is 45.7 Å². The van der Waals surface area contributed by atoms with Gasteiger partial charge in [0.1, 0.15) is 6.10 Å². The van der Waals surface area contributed by atoms with Crippen LogP contribution in [0.15, 0.2) is 24.3 Å². The summed E-state index contributed by atoms with van der Waals surface area (Å²) in [6.07, 6.45) is 10.9. The van der Waals surface area contributed by atoms with Crippen LogP contribution in [0.1, 0.15) is 58.3 Å². The van der Waals surface area contributed by atoms with Crippen molar-refractivity contribution in [3.8, 4) is 0 Å². The summed E-state index contributed by atoms with van der Waals surface area (Å²) >= 11 is 7.73. The minimum Gasteiger partial charge on any atom is -0.467 e. The number of hydrogen-bond acceptors (Lipinski definition) is 2. The van der Waals surface area contributed by atoms with Gasteiger partial charge in [-0.25, -0.2) is 0 Å². The molecule has 1 aromatic carbocycles. The van der Waals surface area contributed by atoms with Gasteiger partial charge in [0, 0.05) is 14.7 Å². The molecule has 2 nitrogen and oxygen atoms in total. The molecule has 2 aliphatic rings. The minimum absolute atomic E-state index is 0.328. The smallest absolute Gasteiger partial charge is 0.261 e. The molecule has 2 fully saturated rings. The second-order valence-electron chi connectivity index (χ2n) is 7.16. The topological polar surface area (TPSA) is 21.3 Å². The van der Waals surface area contributed by atoms with Crippen LogP contribution in [0.2, 0.25) is 0 Å². The molecule has 126 valence electrons. The average molecular weight is 443 g/mol. The first-order valence-corrected chi connectivity index (χ1v) is 10.3. The van der Waals surface area contributed by atoms with E-state index >= 15 is 0 Å². The lowest BCUT2D eigenvalue weighted by Gasteiger charge is -2.52. The van der Waals surface area contributed by atoms with E-state index in [2.05, 4.69) is 47.0 Å². The van der Waals surface area contributed by atoms with E-state index in [0.717, 1.165) is 18.0 Å². The second kappa shape index (κ2) is 7.68. The van der Waals surface area contributed by atoms with Crippen molar-refractivity contribution in [1.82, 2.24) is 0 Å². The molecule has 0 aromatic heterocycles. The SMILES string of the molecule is CCCC1CCC2(CC1)CCC2OC(=S)Nc1ccc(I)cc1. The summed E-state index contributed by atoms with van der Waals surface area (Å²) in [5.41, 5.74) is 1.43. The van der Waals surface area contributed by atoms with Crippen LogP contribution in [0.25, 0.3) is 0 Å². The van der Waals surface area contributed by atoms with E-state index < -0.39 is 0 Å². The molecule has 1 unspecified atom stereocenters. The minimum atomic E-state index is 0.328. The number of thiocarbonyl (C=S) groups is 1. The van der Waals surface area contributed by atoms with Crippen molar-refractivity contribution in [2.75, 3.05) is 5.32 Å². The maximum absolute atomic E-state index is 6.13. The monoisotopic (exact) mass is 443 g/mol. The third kappa shape index (κ3) is 4.19. The van der Waals surface area contributed by atoms with Gasteiger partial charge < -0.3 is 10.1 Å². The van der Waals surface area contributed by atoms with Gasteiger partial charge in [-0.15, -0.1) is 0 Å². The molecule has 4 heteroatoms. The number of benzene rings is 1. The van der Waals surface area contributed by atoms with Crippen LogP contribution in [-0.4, -0.2) is 11.3 Å². The van der Waals surface area contributed by atoms with Gasteiger partial charge >= 0.3 is 0 Å². The highest BCUT2D eigenvalue weighted by Gasteiger charge is 2.50. The molecule has 0 heterocycles. The number of nitrogens with one attached hydrogen (secondary N) is 1. The van der Waals surface area contributed by atoms with Crippen LogP contribution < -0.4 is 5.32 Å². The van der Waals surface area contributed by atoms with Gasteiger partial charge in [0.25, 0.3) is 5.17 Å². The predicted octanol–water partition coefficient (Wildman–Crippen LogP) is 6.14. The fourth-order valence-corrected chi connectivity index (χ4v) is 4.78. The molecule has 1 N–H and O–H groups in total. The largest absolute Gasteiger partial charge is 0.467 e. The van der Waals surface area contributed by atoms with E-state index in [1.807, 2.05) is 12.1 Å². The number of anilines is 1. The summed E-state index contributed by atoms with van der Waals surface area (Å²) in [7, 11) is 0. The van der Waals surface area contributed by atoms with Crippen LogP contribution >= 0.6 is 34.8 Å². The first kappa shape index (κ1) is 17.5. The Morgan fingerprint density at radius 3 is 2.43 bits per heavy atom. The van der Waals surface area contributed by atoms with E-state index in [-0.39, 0.29) is 0 Å². The zero-order chi connectivity index (χ0) is 16.3. The highest BCUT2D eigenvalue weighted by atomic mass is 127. The fraction of sp³-hybridized carbons (Fsp3) is 0.632. The van der Waals surface area contributed by atoms with Crippen molar-refractivity contribution in [1.29, 1.82) is 0 Å². The molecule has 1 atom stereocenters. The van der Waals surface area contributed by atoms with E-state index in [9.17, 15) is 0 Å². The zero-order valence-electron chi connectivity index (χ0n) is 13.8. The lowest BCUT2D eigenvalue weighted by molar-refractivity contribution is -0.0843. The van der Waals surface area contributed by atoms with E-state index in [4.69, 9.17) is 17.0 Å². The lowest BCUT2D eigenvalue weighted by Crippen LogP contribution is -2.50. The molecule has 3 rings (SSSR count). The van der Waals surface area contributed by atoms with E-state index in [1.54, 1.807) is 0 Å². The van der Waals surface area contributed by atoms with Crippen LogP contribution in [0.4, 0.5) is 5.69 Å². The molecule has 23 heavy (non-hydrogen) atoms. The maximum atomic E-state index is 6.13. The van der Waals surface area contributed by atoms with Crippen molar-refractivity contribution in [3.63, 3.8) is 0 Å². The van der Waals surface area contributed by atoms with Crippen molar-refractivity contribution in [2.24, 2.45) is 11.3 Å². The normalized spacial score (nSPS) is 29.8. The summed E-state index contributed by atoms with van der Waals surface area (Å²) in [4.78, 5) is 0. The predicted molar refractivity (Wildman–Crippen MR) is 109 cm³/mol. The van der Waals surface area contributed by atoms with Crippen LogP contribution in [-0.2, 0) is 4.74 Å². The van der Waals surface area contributed by atoms with Crippen LogP contribution in [0, 0.1) is 14.9 Å². The van der Waals surface area contributed by atoms with Gasteiger partial charge in [-0.1, -0.05) is 19.8 Å². The molecule has 2 saturated carbocycles.